The molecule has 0 saturated heterocycles. The van der Waals surface area contributed by atoms with Gasteiger partial charge in [0.2, 0.25) is 0 Å². The number of benzene rings is 2. The van der Waals surface area contributed by atoms with Gasteiger partial charge in [0.25, 0.3) is 5.91 Å². The Hall–Kier alpha value is -2.55. The third-order valence-electron chi connectivity index (χ3n) is 4.89. The molecule has 3 heteroatoms. The number of amides is 1. The van der Waals surface area contributed by atoms with Gasteiger partial charge in [0.1, 0.15) is 0 Å². The number of hydrogen-bond donors (Lipinski definition) is 2. The maximum atomic E-state index is 12.8. The number of carbonyl (C=O) groups excluding carboxylic acids is 1. The van der Waals surface area contributed by atoms with Crippen LogP contribution in [0, 0.1) is 0 Å². The summed E-state index contributed by atoms with van der Waals surface area (Å²) in [6.07, 6.45) is 12.0. The molecule has 0 atom stereocenters. The van der Waals surface area contributed by atoms with Crippen LogP contribution in [0.25, 0.3) is 11.6 Å². The predicted octanol–water partition coefficient (Wildman–Crippen LogP) is 6.07. The predicted molar refractivity (Wildman–Crippen MR) is 121 cm³/mol. The number of nitrogens with one attached hydrogen (secondary N) is 1. The van der Waals surface area contributed by atoms with Crippen LogP contribution in [0.2, 0.25) is 0 Å². The van der Waals surface area contributed by atoms with Crippen LogP contribution in [0.15, 0.2) is 54.6 Å². The Balaban J connectivity index is 1.87. The SMILES string of the molecule is CCCCCCCCCCNC(=O)/C(=C/c1ccc(N)cc1)c1ccccc1. The van der Waals surface area contributed by atoms with Crippen LogP contribution in [0.5, 0.6) is 0 Å². The molecule has 0 saturated carbocycles. The van der Waals surface area contributed by atoms with Gasteiger partial charge in [-0.2, -0.15) is 0 Å². The van der Waals surface area contributed by atoms with Gasteiger partial charge in [0.05, 0.1) is 0 Å². The number of rotatable bonds is 12. The fourth-order valence-corrected chi connectivity index (χ4v) is 3.21. The Morgan fingerprint density at radius 3 is 2.11 bits per heavy atom. The van der Waals surface area contributed by atoms with E-state index in [-0.39, 0.29) is 5.91 Å². The van der Waals surface area contributed by atoms with Crippen LogP contribution in [0.4, 0.5) is 5.69 Å². The molecule has 0 radical (unpaired) electrons. The molecule has 0 aliphatic carbocycles. The molecule has 0 heterocycles. The first-order valence-electron chi connectivity index (χ1n) is 10.6. The highest BCUT2D eigenvalue weighted by Gasteiger charge is 2.11. The lowest BCUT2D eigenvalue weighted by atomic mass is 10.0. The first-order valence-corrected chi connectivity index (χ1v) is 10.6. The fourth-order valence-electron chi connectivity index (χ4n) is 3.21. The first kappa shape index (κ1) is 21.7. The van der Waals surface area contributed by atoms with Crippen LogP contribution >= 0.6 is 0 Å². The highest BCUT2D eigenvalue weighted by atomic mass is 16.1. The minimum atomic E-state index is -0.0222. The number of nitrogen functional groups attached to an aromatic ring is 1. The molecule has 0 bridgehead atoms. The lowest BCUT2D eigenvalue weighted by Gasteiger charge is -2.10. The highest BCUT2D eigenvalue weighted by Crippen LogP contribution is 2.19. The molecule has 28 heavy (non-hydrogen) atoms. The van der Waals surface area contributed by atoms with Crippen molar-refractivity contribution in [2.75, 3.05) is 12.3 Å². The first-order chi connectivity index (χ1) is 13.7. The molecule has 0 fully saturated rings. The smallest absolute Gasteiger partial charge is 0.251 e. The summed E-state index contributed by atoms with van der Waals surface area (Å²) in [4.78, 5) is 12.8. The topological polar surface area (TPSA) is 55.1 Å². The molecular formula is C25H34N2O. The lowest BCUT2D eigenvalue weighted by Crippen LogP contribution is -2.25. The minimum Gasteiger partial charge on any atom is -0.399 e. The number of nitrogens with two attached hydrogens (primary N) is 1. The number of hydrogen-bond acceptors (Lipinski definition) is 2. The van der Waals surface area contributed by atoms with Gasteiger partial charge < -0.3 is 11.1 Å². The molecule has 2 rings (SSSR count). The molecule has 2 aromatic carbocycles. The molecule has 3 nitrogen and oxygen atoms in total. The second-order valence-electron chi connectivity index (χ2n) is 7.32. The molecule has 0 spiro atoms. The molecule has 1 amide bonds. The summed E-state index contributed by atoms with van der Waals surface area (Å²) in [5.41, 5.74) is 9.06. The summed E-state index contributed by atoms with van der Waals surface area (Å²) in [7, 11) is 0. The van der Waals surface area contributed by atoms with E-state index in [1.165, 1.54) is 44.9 Å². The van der Waals surface area contributed by atoms with Crippen molar-refractivity contribution in [1.82, 2.24) is 5.32 Å². The number of anilines is 1. The largest absolute Gasteiger partial charge is 0.399 e. The van der Waals surface area contributed by atoms with Gasteiger partial charge in [-0.15, -0.1) is 0 Å². The van der Waals surface area contributed by atoms with Crippen LogP contribution in [0.1, 0.15) is 69.4 Å². The van der Waals surface area contributed by atoms with E-state index in [9.17, 15) is 4.79 Å². The van der Waals surface area contributed by atoms with Gasteiger partial charge in [0.15, 0.2) is 0 Å². The summed E-state index contributed by atoms with van der Waals surface area (Å²) >= 11 is 0. The molecule has 150 valence electrons. The van der Waals surface area contributed by atoms with Crippen LogP contribution < -0.4 is 11.1 Å². The van der Waals surface area contributed by atoms with Crippen LogP contribution in [-0.4, -0.2) is 12.5 Å². The molecule has 0 aromatic heterocycles. The molecule has 0 unspecified atom stereocenters. The standard InChI is InChI=1S/C25H34N2O/c1-2-3-4-5-6-7-8-12-19-27-25(28)24(22-13-10-9-11-14-22)20-21-15-17-23(26)18-16-21/h9-11,13-18,20H,2-8,12,19,26H2,1H3,(H,27,28)/b24-20+. The zero-order chi connectivity index (χ0) is 20.0. The van der Waals surface area contributed by atoms with Gasteiger partial charge in [-0.25, -0.2) is 0 Å². The van der Waals surface area contributed by atoms with Gasteiger partial charge in [-0.1, -0.05) is 94.3 Å². The van der Waals surface area contributed by atoms with Crippen molar-refractivity contribution >= 4 is 23.2 Å². The maximum absolute atomic E-state index is 12.8. The van der Waals surface area contributed by atoms with Crippen molar-refractivity contribution in [2.24, 2.45) is 0 Å². The Morgan fingerprint density at radius 1 is 0.857 bits per heavy atom. The molecule has 3 N–H and O–H groups in total. The second kappa shape index (κ2) is 12.8. The summed E-state index contributed by atoms with van der Waals surface area (Å²) in [5.74, 6) is -0.0222. The van der Waals surface area contributed by atoms with Gasteiger partial charge in [-0.3, -0.25) is 4.79 Å². The van der Waals surface area contributed by atoms with E-state index in [4.69, 9.17) is 5.73 Å². The molecule has 0 aliphatic heterocycles. The van der Waals surface area contributed by atoms with E-state index in [0.717, 1.165) is 29.8 Å². The Bertz CT molecular complexity index is 720. The summed E-state index contributed by atoms with van der Waals surface area (Å²) in [6, 6.07) is 17.4. The fraction of sp³-hybridized carbons (Fsp3) is 0.400. The average Bonchev–Trinajstić information content (AvgIpc) is 2.72. The van der Waals surface area contributed by atoms with Crippen LogP contribution in [-0.2, 0) is 4.79 Å². The Kier molecular flexibility index (Phi) is 9.92. The van der Waals surface area contributed by atoms with Crippen molar-refractivity contribution < 1.29 is 4.79 Å². The summed E-state index contributed by atoms with van der Waals surface area (Å²) in [6.45, 7) is 2.97. The van der Waals surface area contributed by atoms with E-state index in [1.54, 1.807) is 0 Å². The summed E-state index contributed by atoms with van der Waals surface area (Å²) < 4.78 is 0. The lowest BCUT2D eigenvalue weighted by molar-refractivity contribution is -0.115. The highest BCUT2D eigenvalue weighted by molar-refractivity contribution is 6.24. The zero-order valence-electron chi connectivity index (χ0n) is 17.1. The van der Waals surface area contributed by atoms with Crippen molar-refractivity contribution in [2.45, 2.75) is 58.3 Å². The van der Waals surface area contributed by atoms with E-state index >= 15 is 0 Å². The Morgan fingerprint density at radius 2 is 1.46 bits per heavy atom. The monoisotopic (exact) mass is 378 g/mol. The molecular weight excluding hydrogens is 344 g/mol. The number of carbonyl (C=O) groups is 1. The van der Waals surface area contributed by atoms with Gasteiger partial charge in [0, 0.05) is 17.8 Å². The van der Waals surface area contributed by atoms with Gasteiger partial charge in [-0.05, 0) is 35.8 Å². The van der Waals surface area contributed by atoms with Crippen LogP contribution in [0.3, 0.4) is 0 Å². The Labute approximate surface area is 170 Å². The van der Waals surface area contributed by atoms with Crippen molar-refractivity contribution in [3.8, 4) is 0 Å². The second-order valence-corrected chi connectivity index (χ2v) is 7.32. The molecule has 0 aliphatic rings. The van der Waals surface area contributed by atoms with E-state index < -0.39 is 0 Å². The third-order valence-corrected chi connectivity index (χ3v) is 4.89. The van der Waals surface area contributed by atoms with E-state index in [1.807, 2.05) is 60.7 Å². The van der Waals surface area contributed by atoms with Crippen molar-refractivity contribution in [3.05, 3.63) is 65.7 Å². The average molecular weight is 379 g/mol. The third kappa shape index (κ3) is 7.99. The van der Waals surface area contributed by atoms with Crippen molar-refractivity contribution in [1.29, 1.82) is 0 Å². The minimum absolute atomic E-state index is 0.0222. The zero-order valence-corrected chi connectivity index (χ0v) is 17.1. The normalized spacial score (nSPS) is 11.4. The van der Waals surface area contributed by atoms with E-state index in [2.05, 4.69) is 12.2 Å². The van der Waals surface area contributed by atoms with E-state index in [0.29, 0.717) is 5.57 Å². The van der Waals surface area contributed by atoms with Gasteiger partial charge >= 0.3 is 0 Å². The maximum Gasteiger partial charge on any atom is 0.251 e. The quantitative estimate of drug-likeness (QED) is 0.204. The van der Waals surface area contributed by atoms with Crippen molar-refractivity contribution in [3.63, 3.8) is 0 Å². The summed E-state index contributed by atoms with van der Waals surface area (Å²) in [5, 5.41) is 3.09. The number of unbranched alkanes of at least 4 members (excludes halogenated alkanes) is 7. The molecule has 2 aromatic rings.